The molecule has 3 heterocycles. The summed E-state index contributed by atoms with van der Waals surface area (Å²) in [5.74, 6) is -2.91. The smallest absolute Gasteiger partial charge is 0.234 e. The van der Waals surface area contributed by atoms with Crippen molar-refractivity contribution in [3.8, 4) is 0 Å². The molecule has 0 spiro atoms. The third kappa shape index (κ3) is 2.88. The minimum Gasteiger partial charge on any atom is -0.543 e. The van der Waals surface area contributed by atoms with Crippen LogP contribution < -0.4 is 10.8 Å². The molecular weight excluding hydrogens is 380 g/mol. The number of thioether (sulfide) groups is 1. The Hall–Kier alpha value is -2.66. The van der Waals surface area contributed by atoms with Crippen molar-refractivity contribution in [2.75, 3.05) is 11.5 Å². The summed E-state index contributed by atoms with van der Waals surface area (Å²) in [4.78, 5) is 41.2. The predicted octanol–water partition coefficient (Wildman–Crippen LogP) is -0.416. The van der Waals surface area contributed by atoms with Crippen molar-refractivity contribution in [2.45, 2.75) is 11.8 Å². The van der Waals surface area contributed by atoms with Crippen molar-refractivity contribution in [2.24, 2.45) is 11.1 Å². The van der Waals surface area contributed by atoms with Gasteiger partial charge in [-0.25, -0.2) is 4.98 Å². The summed E-state index contributed by atoms with van der Waals surface area (Å²) < 4.78 is 0. The van der Waals surface area contributed by atoms with Crippen molar-refractivity contribution >= 4 is 51.6 Å². The lowest BCUT2D eigenvalue weighted by molar-refractivity contribution is -0.301. The number of oxime groups is 1. The lowest BCUT2D eigenvalue weighted by Crippen LogP contribution is -2.63. The van der Waals surface area contributed by atoms with Crippen LogP contribution in [0.4, 0.5) is 5.13 Å². The normalized spacial score (nSPS) is 22.7. The van der Waals surface area contributed by atoms with Gasteiger partial charge >= 0.3 is 0 Å². The molecule has 136 valence electrons. The van der Waals surface area contributed by atoms with Crippen LogP contribution in [-0.2, 0) is 14.4 Å². The second kappa shape index (κ2) is 6.92. The fourth-order valence-corrected chi connectivity index (χ4v) is 4.82. The van der Waals surface area contributed by atoms with Gasteiger partial charge < -0.3 is 20.8 Å². The monoisotopic (exact) mass is 393 g/mol. The highest BCUT2D eigenvalue weighted by Gasteiger charge is 2.52. The van der Waals surface area contributed by atoms with E-state index in [2.05, 4.69) is 16.7 Å². The second-order valence-corrected chi connectivity index (χ2v) is 7.52. The first kappa shape index (κ1) is 18.1. The number of allylic oxidation sites excluding steroid dienone is 1. The van der Waals surface area contributed by atoms with Crippen molar-refractivity contribution in [3.63, 3.8) is 0 Å². The Morgan fingerprint density at radius 1 is 1.58 bits per heavy atom. The lowest BCUT2D eigenvalue weighted by Gasteiger charge is -2.50. The number of rotatable bonds is 6. The second-order valence-electron chi connectivity index (χ2n) is 5.53. The molecule has 26 heavy (non-hydrogen) atoms. The molecule has 2 aliphatic heterocycles. The number of anilines is 1. The van der Waals surface area contributed by atoms with E-state index in [1.807, 2.05) is 0 Å². The molecule has 9 nitrogen and oxygen atoms in total. The zero-order chi connectivity index (χ0) is 19.0. The quantitative estimate of drug-likeness (QED) is 0.286. The van der Waals surface area contributed by atoms with Crippen LogP contribution in [0, 0.1) is 5.92 Å². The number of β-lactam (4-membered cyclic amide) rings is 1. The van der Waals surface area contributed by atoms with Crippen LogP contribution in [0.3, 0.4) is 0 Å². The Bertz CT molecular complexity index is 875. The number of hydrogen-bond donors (Lipinski definition) is 2. The van der Waals surface area contributed by atoms with E-state index in [1.165, 1.54) is 23.2 Å². The van der Waals surface area contributed by atoms with Gasteiger partial charge in [-0.15, -0.1) is 23.1 Å². The summed E-state index contributed by atoms with van der Waals surface area (Å²) in [7, 11) is 0. The predicted molar refractivity (Wildman–Crippen MR) is 93.3 cm³/mol. The van der Waals surface area contributed by atoms with Crippen molar-refractivity contribution in [3.05, 3.63) is 35.0 Å². The molecule has 0 radical (unpaired) electrons. The van der Waals surface area contributed by atoms with Crippen LogP contribution in [0.5, 0.6) is 0 Å². The number of nitrogens with two attached hydrogens (primary N) is 1. The first-order valence-electron chi connectivity index (χ1n) is 7.37. The van der Waals surface area contributed by atoms with Crippen molar-refractivity contribution < 1.29 is 24.7 Å². The Morgan fingerprint density at radius 3 is 2.85 bits per heavy atom. The number of carbonyl (C=O) groups is 3. The third-order valence-corrected chi connectivity index (χ3v) is 6.11. The maximum absolute atomic E-state index is 12.4. The van der Waals surface area contributed by atoms with E-state index < -0.39 is 29.0 Å². The highest BCUT2D eigenvalue weighted by Crippen LogP contribution is 2.45. The average molecular weight is 393 g/mol. The van der Waals surface area contributed by atoms with Gasteiger partial charge in [-0.3, -0.25) is 14.5 Å². The number of thiazole rings is 1. The van der Waals surface area contributed by atoms with E-state index in [-0.39, 0.29) is 28.7 Å². The van der Waals surface area contributed by atoms with E-state index in [0.717, 1.165) is 16.2 Å². The lowest BCUT2D eigenvalue weighted by atomic mass is 9.89. The van der Waals surface area contributed by atoms with Gasteiger partial charge in [0.1, 0.15) is 5.69 Å². The third-order valence-electron chi connectivity index (χ3n) is 4.08. The molecule has 1 aromatic heterocycles. The number of nitrogens with zero attached hydrogens (tertiary/aromatic N) is 3. The van der Waals surface area contributed by atoms with Gasteiger partial charge in [-0.1, -0.05) is 17.8 Å². The molecule has 11 heteroatoms. The first-order valence-corrected chi connectivity index (χ1v) is 9.30. The number of carbonyl (C=O) groups excluding carboxylic acids is 3. The van der Waals surface area contributed by atoms with E-state index in [1.54, 1.807) is 0 Å². The van der Waals surface area contributed by atoms with Crippen LogP contribution in [0.15, 0.2) is 34.5 Å². The molecule has 2 unspecified atom stereocenters. The Kier molecular flexibility index (Phi) is 4.83. The number of ketones is 1. The number of aliphatic carboxylic acids is 1. The summed E-state index contributed by atoms with van der Waals surface area (Å²) in [6, 6.07) is 0. The molecule has 1 fully saturated rings. The maximum atomic E-state index is 12.4. The molecule has 2 atom stereocenters. The number of aromatic nitrogens is 1. The van der Waals surface area contributed by atoms with E-state index in [9.17, 15) is 19.5 Å². The number of amides is 1. The van der Waals surface area contributed by atoms with Gasteiger partial charge in [0.15, 0.2) is 16.6 Å². The van der Waals surface area contributed by atoms with Crippen molar-refractivity contribution in [1.82, 2.24) is 9.88 Å². The summed E-state index contributed by atoms with van der Waals surface area (Å²) in [5.41, 5.74) is 5.55. The van der Waals surface area contributed by atoms with Gasteiger partial charge in [0.2, 0.25) is 5.91 Å². The standard InChI is InChI=1S/C15H14N4O5S2/c1-2-6-4-25-13-7(12(21)19(13)11(6)14(22)23)3-9(20)10(18-24)8-5-26-15(16)17-8/h2,5,7,13,24H,1,3-4H2,(H2,16,17)(H,22,23)/p-1/b18-10+. The molecule has 0 bridgehead atoms. The summed E-state index contributed by atoms with van der Waals surface area (Å²) in [6.45, 7) is 3.55. The molecular formula is C15H13N4O5S2-. The zero-order valence-electron chi connectivity index (χ0n) is 13.2. The Labute approximate surface area is 155 Å². The molecule has 1 aromatic rings. The number of Topliss-reactive ketones (excluding diaryl/α,β-unsaturated/α-hetero) is 1. The highest BCUT2D eigenvalue weighted by molar-refractivity contribution is 8.00. The van der Waals surface area contributed by atoms with Crippen LogP contribution >= 0.6 is 23.1 Å². The zero-order valence-corrected chi connectivity index (χ0v) is 14.9. The van der Waals surface area contributed by atoms with Crippen LogP contribution in [0.1, 0.15) is 12.1 Å². The van der Waals surface area contributed by atoms with E-state index in [0.29, 0.717) is 11.3 Å². The van der Waals surface area contributed by atoms with Gasteiger partial charge in [0.05, 0.1) is 23.0 Å². The van der Waals surface area contributed by atoms with Crippen LogP contribution in [0.2, 0.25) is 0 Å². The van der Waals surface area contributed by atoms with Gasteiger partial charge in [-0.2, -0.15) is 0 Å². The summed E-state index contributed by atoms with van der Waals surface area (Å²) >= 11 is 2.42. The Morgan fingerprint density at radius 2 is 2.31 bits per heavy atom. The van der Waals surface area contributed by atoms with E-state index >= 15 is 0 Å². The number of fused-ring (bicyclic) bond motifs is 1. The minimum absolute atomic E-state index is 0.129. The van der Waals surface area contributed by atoms with Gasteiger partial charge in [0, 0.05) is 17.6 Å². The number of carboxylic acid groups (broad SMARTS) is 1. The molecule has 3 N–H and O–H groups in total. The van der Waals surface area contributed by atoms with Crippen LogP contribution in [-0.4, -0.2) is 49.6 Å². The largest absolute Gasteiger partial charge is 0.543 e. The minimum atomic E-state index is -1.46. The SMILES string of the molecule is C=CC1=C(C(=O)[O-])N2C(=O)C(CC(=O)/C(=N/O)c3csc(N)n3)C2SC1. The number of carboxylic acids is 1. The molecule has 1 saturated heterocycles. The average Bonchev–Trinajstić information content (AvgIpc) is 3.04. The molecule has 3 rings (SSSR count). The fraction of sp³-hybridized carbons (Fsp3) is 0.267. The molecule has 1 amide bonds. The van der Waals surface area contributed by atoms with E-state index in [4.69, 9.17) is 10.9 Å². The van der Waals surface area contributed by atoms with Crippen LogP contribution in [0.25, 0.3) is 0 Å². The first-order chi connectivity index (χ1) is 12.4. The van der Waals surface area contributed by atoms with Gasteiger partial charge in [-0.05, 0) is 5.57 Å². The summed E-state index contributed by atoms with van der Waals surface area (Å²) in [5, 5.41) is 24.7. The molecule has 2 aliphatic rings. The number of hydrogen-bond acceptors (Lipinski definition) is 10. The Balaban J connectivity index is 1.78. The highest BCUT2D eigenvalue weighted by atomic mass is 32.2. The number of nitrogen functional groups attached to an aromatic ring is 1. The fourth-order valence-electron chi connectivity index (χ4n) is 2.87. The maximum Gasteiger partial charge on any atom is 0.234 e. The van der Waals surface area contributed by atoms with Gasteiger partial charge in [0.25, 0.3) is 0 Å². The topological polar surface area (TPSA) is 149 Å². The molecule has 0 saturated carbocycles. The van der Waals surface area contributed by atoms with Crippen molar-refractivity contribution in [1.29, 1.82) is 0 Å². The molecule has 0 aliphatic carbocycles. The molecule has 0 aromatic carbocycles. The summed E-state index contributed by atoms with van der Waals surface area (Å²) in [6.07, 6.45) is 1.15.